The summed E-state index contributed by atoms with van der Waals surface area (Å²) in [6, 6.07) is 16.5. The van der Waals surface area contributed by atoms with Crippen LogP contribution in [0, 0.1) is 18.6 Å². The second kappa shape index (κ2) is 8.31. The molecule has 3 aromatic rings. The Labute approximate surface area is 176 Å². The fourth-order valence-electron chi connectivity index (χ4n) is 2.95. The molecular weight excluding hydrogens is 404 g/mol. The molecule has 154 valence electrons. The third-order valence-corrected chi connectivity index (χ3v) is 4.45. The minimum atomic E-state index is -1.14. The number of esters is 2. The zero-order chi connectivity index (χ0) is 22.0. The number of ether oxygens (including phenoxy) is 2. The quantitative estimate of drug-likeness (QED) is 0.345. The molecule has 0 radical (unpaired) electrons. The Morgan fingerprint density at radius 3 is 2.35 bits per heavy atom. The summed E-state index contributed by atoms with van der Waals surface area (Å²) in [4.78, 5) is 28.4. The lowest BCUT2D eigenvalue weighted by Crippen LogP contribution is -2.13. The van der Waals surface area contributed by atoms with Crippen molar-refractivity contribution >= 4 is 23.9 Å². The lowest BCUT2D eigenvalue weighted by molar-refractivity contribution is -0.129. The van der Waals surface area contributed by atoms with E-state index in [2.05, 4.69) is 4.99 Å². The van der Waals surface area contributed by atoms with Gasteiger partial charge in [0.05, 0.1) is 0 Å². The molecule has 0 atom stereocenters. The van der Waals surface area contributed by atoms with Crippen LogP contribution in [0.15, 0.2) is 77.4 Å². The van der Waals surface area contributed by atoms with Crippen molar-refractivity contribution in [3.63, 3.8) is 0 Å². The van der Waals surface area contributed by atoms with E-state index in [1.165, 1.54) is 18.2 Å². The van der Waals surface area contributed by atoms with Crippen LogP contribution in [-0.2, 0) is 9.53 Å². The number of rotatable bonds is 4. The van der Waals surface area contributed by atoms with Crippen LogP contribution < -0.4 is 4.74 Å². The number of nitrogens with zero attached hydrogens (tertiary/aromatic N) is 1. The SMILES string of the molecule is Cc1cccc(C2=N/C(=C/c3ccc(OC(=O)c4c(F)cccc4F)cc3)C(=O)O2)c1. The van der Waals surface area contributed by atoms with Gasteiger partial charge in [0.1, 0.15) is 22.9 Å². The second-order valence-corrected chi connectivity index (χ2v) is 6.76. The van der Waals surface area contributed by atoms with Crippen LogP contribution in [0.1, 0.15) is 27.0 Å². The molecule has 0 aromatic heterocycles. The van der Waals surface area contributed by atoms with Gasteiger partial charge in [0.15, 0.2) is 5.70 Å². The number of benzene rings is 3. The summed E-state index contributed by atoms with van der Waals surface area (Å²) in [5.41, 5.74) is 1.65. The molecule has 0 spiro atoms. The summed E-state index contributed by atoms with van der Waals surface area (Å²) < 4.78 is 37.7. The van der Waals surface area contributed by atoms with Crippen molar-refractivity contribution in [1.82, 2.24) is 0 Å². The first-order chi connectivity index (χ1) is 14.9. The third-order valence-electron chi connectivity index (χ3n) is 4.45. The zero-order valence-electron chi connectivity index (χ0n) is 16.3. The Bertz CT molecular complexity index is 1230. The molecule has 0 N–H and O–H groups in total. The van der Waals surface area contributed by atoms with E-state index in [-0.39, 0.29) is 17.3 Å². The van der Waals surface area contributed by atoms with Crippen LogP contribution in [0.25, 0.3) is 6.08 Å². The van der Waals surface area contributed by atoms with Gasteiger partial charge in [-0.15, -0.1) is 0 Å². The number of hydrogen-bond acceptors (Lipinski definition) is 5. The maximum absolute atomic E-state index is 13.7. The van der Waals surface area contributed by atoms with Gasteiger partial charge in [0, 0.05) is 5.56 Å². The topological polar surface area (TPSA) is 65.0 Å². The minimum Gasteiger partial charge on any atom is -0.423 e. The number of aryl methyl sites for hydroxylation is 1. The maximum Gasteiger partial charge on any atom is 0.363 e. The summed E-state index contributed by atoms with van der Waals surface area (Å²) in [5, 5.41) is 0. The minimum absolute atomic E-state index is 0.0905. The van der Waals surface area contributed by atoms with Crippen LogP contribution >= 0.6 is 0 Å². The van der Waals surface area contributed by atoms with Crippen molar-refractivity contribution in [2.45, 2.75) is 6.92 Å². The highest BCUT2D eigenvalue weighted by molar-refractivity contribution is 6.12. The van der Waals surface area contributed by atoms with Crippen molar-refractivity contribution in [1.29, 1.82) is 0 Å². The first-order valence-electron chi connectivity index (χ1n) is 9.26. The van der Waals surface area contributed by atoms with E-state index < -0.39 is 29.1 Å². The van der Waals surface area contributed by atoms with Gasteiger partial charge in [0.25, 0.3) is 0 Å². The lowest BCUT2D eigenvalue weighted by Gasteiger charge is -2.06. The molecule has 0 unspecified atom stereocenters. The van der Waals surface area contributed by atoms with E-state index in [9.17, 15) is 18.4 Å². The van der Waals surface area contributed by atoms with Crippen LogP contribution in [0.4, 0.5) is 8.78 Å². The molecule has 0 fully saturated rings. The number of carbonyl (C=O) groups is 2. The van der Waals surface area contributed by atoms with Gasteiger partial charge in [-0.2, -0.15) is 0 Å². The number of halogens is 2. The molecule has 0 aliphatic carbocycles. The second-order valence-electron chi connectivity index (χ2n) is 6.76. The third kappa shape index (κ3) is 4.40. The van der Waals surface area contributed by atoms with E-state index in [0.29, 0.717) is 11.1 Å². The number of cyclic esters (lactones) is 1. The van der Waals surface area contributed by atoms with Crippen molar-refractivity contribution in [2.75, 3.05) is 0 Å². The Balaban J connectivity index is 1.51. The van der Waals surface area contributed by atoms with E-state index in [1.807, 2.05) is 25.1 Å². The van der Waals surface area contributed by atoms with E-state index >= 15 is 0 Å². The smallest absolute Gasteiger partial charge is 0.363 e. The van der Waals surface area contributed by atoms with Crippen LogP contribution in [0.3, 0.4) is 0 Å². The molecule has 1 aliphatic rings. The molecule has 4 rings (SSSR count). The highest BCUT2D eigenvalue weighted by Gasteiger charge is 2.24. The van der Waals surface area contributed by atoms with E-state index in [1.54, 1.807) is 18.2 Å². The van der Waals surface area contributed by atoms with Crippen molar-refractivity contribution < 1.29 is 27.8 Å². The van der Waals surface area contributed by atoms with Crippen molar-refractivity contribution in [2.24, 2.45) is 4.99 Å². The number of aliphatic imine (C=N–C) groups is 1. The van der Waals surface area contributed by atoms with Crippen LogP contribution in [0.2, 0.25) is 0 Å². The normalized spacial score (nSPS) is 14.4. The summed E-state index contributed by atoms with van der Waals surface area (Å²) in [5.74, 6) is -3.43. The maximum atomic E-state index is 13.7. The fourth-order valence-corrected chi connectivity index (χ4v) is 2.95. The standard InChI is InChI=1S/C24H15F2NO4/c1-14-4-2-5-16(12-14)22-27-20(23(28)31-22)13-15-8-10-17(11-9-15)30-24(29)21-18(25)6-3-7-19(21)26/h2-13H,1H3/b20-13+. The molecule has 31 heavy (non-hydrogen) atoms. The Morgan fingerprint density at radius 1 is 1.00 bits per heavy atom. The van der Waals surface area contributed by atoms with Gasteiger partial charge < -0.3 is 9.47 Å². The first kappa shape index (κ1) is 20.2. The predicted molar refractivity (Wildman–Crippen MR) is 110 cm³/mol. The predicted octanol–water partition coefficient (Wildman–Crippen LogP) is 4.84. The molecule has 1 heterocycles. The molecular formula is C24H15F2NO4. The Morgan fingerprint density at radius 2 is 1.68 bits per heavy atom. The van der Waals surface area contributed by atoms with Gasteiger partial charge in [-0.05, 0) is 55.0 Å². The molecule has 1 aliphatic heterocycles. The molecule has 0 saturated carbocycles. The number of hydrogen-bond donors (Lipinski definition) is 0. The summed E-state index contributed by atoms with van der Waals surface area (Å²) in [6.45, 7) is 1.92. The molecule has 0 bridgehead atoms. The largest absolute Gasteiger partial charge is 0.423 e. The van der Waals surface area contributed by atoms with Gasteiger partial charge in [-0.25, -0.2) is 23.4 Å². The summed E-state index contributed by atoms with van der Waals surface area (Å²) >= 11 is 0. The summed E-state index contributed by atoms with van der Waals surface area (Å²) in [7, 11) is 0. The fraction of sp³-hybridized carbons (Fsp3) is 0.0417. The van der Waals surface area contributed by atoms with Gasteiger partial charge in [-0.1, -0.05) is 35.9 Å². The number of carbonyl (C=O) groups excluding carboxylic acids is 2. The lowest BCUT2D eigenvalue weighted by atomic mass is 10.1. The van der Waals surface area contributed by atoms with Crippen LogP contribution in [-0.4, -0.2) is 17.8 Å². The molecule has 5 nitrogen and oxygen atoms in total. The molecule has 0 amide bonds. The van der Waals surface area contributed by atoms with Gasteiger partial charge in [-0.3, -0.25) is 0 Å². The van der Waals surface area contributed by atoms with Gasteiger partial charge >= 0.3 is 11.9 Å². The van der Waals surface area contributed by atoms with Crippen LogP contribution in [0.5, 0.6) is 5.75 Å². The highest BCUT2D eigenvalue weighted by atomic mass is 19.1. The monoisotopic (exact) mass is 419 g/mol. The van der Waals surface area contributed by atoms with Gasteiger partial charge in [0.2, 0.25) is 5.90 Å². The summed E-state index contributed by atoms with van der Waals surface area (Å²) in [6.07, 6.45) is 1.52. The zero-order valence-corrected chi connectivity index (χ0v) is 16.3. The van der Waals surface area contributed by atoms with Crippen molar-refractivity contribution in [3.8, 4) is 5.75 Å². The Hall–Kier alpha value is -4.13. The first-order valence-corrected chi connectivity index (χ1v) is 9.26. The Kier molecular flexibility index (Phi) is 5.41. The van der Waals surface area contributed by atoms with Crippen molar-refractivity contribution in [3.05, 3.63) is 106 Å². The average molecular weight is 419 g/mol. The molecule has 0 saturated heterocycles. The highest BCUT2D eigenvalue weighted by Crippen LogP contribution is 2.22. The molecule has 3 aromatic carbocycles. The van der Waals surface area contributed by atoms with E-state index in [0.717, 1.165) is 23.8 Å². The average Bonchev–Trinajstić information content (AvgIpc) is 3.10. The molecule has 7 heteroatoms. The van der Waals surface area contributed by atoms with E-state index in [4.69, 9.17) is 9.47 Å².